The molecule has 2 atom stereocenters. The normalized spacial score (nSPS) is 32.1. The van der Waals surface area contributed by atoms with Crippen molar-refractivity contribution in [1.29, 1.82) is 0 Å². The molecule has 2 N–H and O–H groups in total. The number of nitrogens with two attached hydrogens (primary N) is 1. The Labute approximate surface area is 90.8 Å². The van der Waals surface area contributed by atoms with E-state index in [4.69, 9.17) is 10.5 Å². The molecule has 4 heteroatoms. The van der Waals surface area contributed by atoms with Crippen molar-refractivity contribution in [1.82, 2.24) is 4.90 Å². The minimum absolute atomic E-state index is 0.110. The summed E-state index contributed by atoms with van der Waals surface area (Å²) in [6.07, 6.45) is 4.78. The summed E-state index contributed by atoms with van der Waals surface area (Å²) in [6, 6.07) is 0.326. The summed E-state index contributed by atoms with van der Waals surface area (Å²) in [4.78, 5) is 14.0. The first-order valence-electron chi connectivity index (χ1n) is 5.80. The van der Waals surface area contributed by atoms with Crippen molar-refractivity contribution in [2.24, 2.45) is 11.7 Å². The SMILES string of the molecule is CN(C(=O)C1COCC1N)C1CCCC1. The molecule has 0 bridgehead atoms. The van der Waals surface area contributed by atoms with Crippen LogP contribution in [0.5, 0.6) is 0 Å². The van der Waals surface area contributed by atoms with Crippen LogP contribution >= 0.6 is 0 Å². The molecule has 2 rings (SSSR count). The second-order valence-corrected chi connectivity index (χ2v) is 4.70. The fraction of sp³-hybridized carbons (Fsp3) is 0.909. The fourth-order valence-electron chi connectivity index (χ4n) is 2.56. The van der Waals surface area contributed by atoms with Crippen molar-refractivity contribution < 1.29 is 9.53 Å². The number of rotatable bonds is 2. The molecule has 0 aromatic rings. The predicted octanol–water partition coefficient (Wildman–Crippen LogP) is 0.361. The van der Waals surface area contributed by atoms with Crippen molar-refractivity contribution in [3.8, 4) is 0 Å². The topological polar surface area (TPSA) is 55.6 Å². The van der Waals surface area contributed by atoms with E-state index in [1.807, 2.05) is 11.9 Å². The highest BCUT2D eigenvalue weighted by atomic mass is 16.5. The predicted molar refractivity (Wildman–Crippen MR) is 57.3 cm³/mol. The molecular weight excluding hydrogens is 192 g/mol. The van der Waals surface area contributed by atoms with Crippen LogP contribution in [0.25, 0.3) is 0 Å². The van der Waals surface area contributed by atoms with Crippen molar-refractivity contribution in [3.63, 3.8) is 0 Å². The smallest absolute Gasteiger partial charge is 0.229 e. The first-order valence-corrected chi connectivity index (χ1v) is 5.80. The largest absolute Gasteiger partial charge is 0.379 e. The lowest BCUT2D eigenvalue weighted by Gasteiger charge is -2.27. The lowest BCUT2D eigenvalue weighted by molar-refractivity contribution is -0.136. The van der Waals surface area contributed by atoms with Crippen LogP contribution in [0.15, 0.2) is 0 Å². The van der Waals surface area contributed by atoms with E-state index in [0.717, 1.165) is 12.8 Å². The zero-order valence-electron chi connectivity index (χ0n) is 9.32. The Morgan fingerprint density at radius 1 is 1.33 bits per heavy atom. The molecule has 86 valence electrons. The number of carbonyl (C=O) groups is 1. The van der Waals surface area contributed by atoms with E-state index in [-0.39, 0.29) is 17.9 Å². The van der Waals surface area contributed by atoms with E-state index in [0.29, 0.717) is 19.3 Å². The van der Waals surface area contributed by atoms with Crippen molar-refractivity contribution in [2.75, 3.05) is 20.3 Å². The van der Waals surface area contributed by atoms with E-state index in [1.54, 1.807) is 0 Å². The highest BCUT2D eigenvalue weighted by Crippen LogP contribution is 2.25. The Hall–Kier alpha value is -0.610. The molecule has 2 aliphatic rings. The molecule has 2 unspecified atom stereocenters. The molecule has 1 saturated carbocycles. The van der Waals surface area contributed by atoms with Gasteiger partial charge in [0.05, 0.1) is 19.1 Å². The fourth-order valence-corrected chi connectivity index (χ4v) is 2.56. The van der Waals surface area contributed by atoms with Gasteiger partial charge in [-0.3, -0.25) is 4.79 Å². The van der Waals surface area contributed by atoms with Gasteiger partial charge in [0.1, 0.15) is 0 Å². The van der Waals surface area contributed by atoms with Gasteiger partial charge in [-0.2, -0.15) is 0 Å². The molecule has 1 aliphatic carbocycles. The molecule has 2 fully saturated rings. The van der Waals surface area contributed by atoms with Gasteiger partial charge in [-0.25, -0.2) is 0 Å². The minimum Gasteiger partial charge on any atom is -0.379 e. The maximum Gasteiger partial charge on any atom is 0.229 e. The lowest BCUT2D eigenvalue weighted by atomic mass is 10.0. The molecule has 4 nitrogen and oxygen atoms in total. The maximum absolute atomic E-state index is 12.1. The monoisotopic (exact) mass is 212 g/mol. The zero-order valence-corrected chi connectivity index (χ0v) is 9.32. The van der Waals surface area contributed by atoms with E-state index in [2.05, 4.69) is 0 Å². The van der Waals surface area contributed by atoms with Gasteiger partial charge < -0.3 is 15.4 Å². The Bertz CT molecular complexity index is 239. The molecule has 0 aromatic carbocycles. The third kappa shape index (κ3) is 2.16. The molecule has 15 heavy (non-hydrogen) atoms. The summed E-state index contributed by atoms with van der Waals surface area (Å²) in [5.74, 6) is 0.0579. The molecule has 0 aromatic heterocycles. The Kier molecular flexibility index (Phi) is 3.26. The first kappa shape index (κ1) is 10.9. The summed E-state index contributed by atoms with van der Waals surface area (Å²) in [7, 11) is 1.91. The van der Waals surface area contributed by atoms with Gasteiger partial charge >= 0.3 is 0 Å². The van der Waals surface area contributed by atoms with Gasteiger partial charge in [-0.15, -0.1) is 0 Å². The van der Waals surface area contributed by atoms with Crippen LogP contribution in [0.2, 0.25) is 0 Å². The second kappa shape index (κ2) is 4.49. The van der Waals surface area contributed by atoms with E-state index >= 15 is 0 Å². The first-order chi connectivity index (χ1) is 7.20. The number of carbonyl (C=O) groups excluding carboxylic acids is 1. The third-order valence-electron chi connectivity index (χ3n) is 3.66. The molecule has 0 spiro atoms. The highest BCUT2D eigenvalue weighted by molar-refractivity contribution is 5.80. The summed E-state index contributed by atoms with van der Waals surface area (Å²) < 4.78 is 5.23. The van der Waals surface area contributed by atoms with Crippen molar-refractivity contribution in [2.45, 2.75) is 37.8 Å². The van der Waals surface area contributed by atoms with Crippen LogP contribution in [0.1, 0.15) is 25.7 Å². The lowest BCUT2D eigenvalue weighted by Crippen LogP contribution is -2.45. The van der Waals surface area contributed by atoms with Gasteiger partial charge in [0.15, 0.2) is 0 Å². The Morgan fingerprint density at radius 2 is 2.00 bits per heavy atom. The van der Waals surface area contributed by atoms with E-state index in [9.17, 15) is 4.79 Å². The molecule has 1 amide bonds. The van der Waals surface area contributed by atoms with Gasteiger partial charge in [0, 0.05) is 19.1 Å². The van der Waals surface area contributed by atoms with Gasteiger partial charge in [-0.05, 0) is 12.8 Å². The Balaban J connectivity index is 1.94. The molecule has 1 heterocycles. The van der Waals surface area contributed by atoms with E-state index in [1.165, 1.54) is 12.8 Å². The van der Waals surface area contributed by atoms with Crippen LogP contribution in [0.3, 0.4) is 0 Å². The van der Waals surface area contributed by atoms with E-state index < -0.39 is 0 Å². The zero-order chi connectivity index (χ0) is 10.8. The number of amides is 1. The number of hydrogen-bond donors (Lipinski definition) is 1. The molecular formula is C11H20N2O2. The average molecular weight is 212 g/mol. The van der Waals surface area contributed by atoms with Crippen LogP contribution in [0.4, 0.5) is 0 Å². The van der Waals surface area contributed by atoms with Crippen LogP contribution in [-0.4, -0.2) is 43.2 Å². The average Bonchev–Trinajstić information content (AvgIpc) is 2.85. The molecule has 0 radical (unpaired) electrons. The summed E-state index contributed by atoms with van der Waals surface area (Å²) >= 11 is 0. The van der Waals surface area contributed by atoms with Crippen LogP contribution in [-0.2, 0) is 9.53 Å². The van der Waals surface area contributed by atoms with Crippen LogP contribution < -0.4 is 5.73 Å². The van der Waals surface area contributed by atoms with Crippen molar-refractivity contribution in [3.05, 3.63) is 0 Å². The van der Waals surface area contributed by atoms with Gasteiger partial charge in [0.2, 0.25) is 5.91 Å². The molecule has 1 saturated heterocycles. The number of hydrogen-bond acceptors (Lipinski definition) is 3. The molecule has 1 aliphatic heterocycles. The van der Waals surface area contributed by atoms with Crippen LogP contribution in [0, 0.1) is 5.92 Å². The van der Waals surface area contributed by atoms with Crippen molar-refractivity contribution >= 4 is 5.91 Å². The third-order valence-corrected chi connectivity index (χ3v) is 3.66. The Morgan fingerprint density at radius 3 is 2.53 bits per heavy atom. The second-order valence-electron chi connectivity index (χ2n) is 4.70. The standard InChI is InChI=1S/C11H20N2O2/c1-13(8-4-2-3-5-8)11(14)9-6-15-7-10(9)12/h8-10H,2-7,12H2,1H3. The van der Waals surface area contributed by atoms with Gasteiger partial charge in [-0.1, -0.05) is 12.8 Å². The van der Waals surface area contributed by atoms with Gasteiger partial charge in [0.25, 0.3) is 0 Å². The summed E-state index contributed by atoms with van der Waals surface area (Å²) in [5, 5.41) is 0. The quantitative estimate of drug-likeness (QED) is 0.719. The minimum atomic E-state index is -0.115. The maximum atomic E-state index is 12.1. The number of nitrogens with zero attached hydrogens (tertiary/aromatic N) is 1. The number of ether oxygens (including phenoxy) is 1. The summed E-state index contributed by atoms with van der Waals surface area (Å²) in [5.41, 5.74) is 5.84. The summed E-state index contributed by atoms with van der Waals surface area (Å²) in [6.45, 7) is 1.02. The highest BCUT2D eigenvalue weighted by Gasteiger charge is 2.35.